The van der Waals surface area contributed by atoms with Gasteiger partial charge in [-0.25, -0.2) is 0 Å². The predicted molar refractivity (Wildman–Crippen MR) is 93.1 cm³/mol. The van der Waals surface area contributed by atoms with Crippen molar-refractivity contribution in [1.82, 2.24) is 10.1 Å². The lowest BCUT2D eigenvalue weighted by atomic mass is 9.87. The second-order valence-corrected chi connectivity index (χ2v) is 7.40. The molecule has 2 N–H and O–H groups in total. The van der Waals surface area contributed by atoms with E-state index in [-0.39, 0.29) is 35.5 Å². The van der Waals surface area contributed by atoms with Crippen LogP contribution in [0.25, 0.3) is 10.6 Å². The van der Waals surface area contributed by atoms with E-state index in [0.717, 1.165) is 23.9 Å². The molecule has 1 aliphatic rings. The number of likely N-dealkylation sites (tertiary alicyclic amines) is 1. The fraction of sp³-hybridized carbons (Fsp3) is 0.412. The number of carbonyl (C=O) groups is 1. The minimum atomic E-state index is -4.63. The van der Waals surface area contributed by atoms with Crippen LogP contribution in [0.5, 0.6) is 0 Å². The summed E-state index contributed by atoms with van der Waals surface area (Å²) in [5.74, 6) is -2.04. The topological polar surface area (TPSA) is 89.1 Å². The Bertz CT molecular complexity index is 874. The van der Waals surface area contributed by atoms with Crippen molar-refractivity contribution in [2.45, 2.75) is 19.5 Å². The lowest BCUT2D eigenvalue weighted by molar-refractivity contribution is -0.156. The van der Waals surface area contributed by atoms with Gasteiger partial charge < -0.3 is 9.42 Å². The Morgan fingerprint density at radius 2 is 2.04 bits per heavy atom. The molecule has 0 radical (unpaired) electrons. The van der Waals surface area contributed by atoms with Crippen LogP contribution in [0.4, 0.5) is 13.2 Å². The molecule has 1 fully saturated rings. The second-order valence-electron chi connectivity index (χ2n) is 6.31. The number of alkyl halides is 3. The molecule has 27 heavy (non-hydrogen) atoms. The zero-order valence-electron chi connectivity index (χ0n) is 14.2. The summed E-state index contributed by atoms with van der Waals surface area (Å²) in [7, 11) is 0. The molecule has 0 aliphatic carbocycles. The Morgan fingerprint density at radius 1 is 1.33 bits per heavy atom. The van der Waals surface area contributed by atoms with Crippen LogP contribution in [0, 0.1) is 18.8 Å². The van der Waals surface area contributed by atoms with Gasteiger partial charge in [-0.2, -0.15) is 13.2 Å². The first-order chi connectivity index (χ1) is 12.8. The Labute approximate surface area is 155 Å². The van der Waals surface area contributed by atoms with Gasteiger partial charge in [0.1, 0.15) is 5.69 Å². The van der Waals surface area contributed by atoms with Gasteiger partial charge >= 0.3 is 6.18 Å². The van der Waals surface area contributed by atoms with E-state index < -0.39 is 11.9 Å². The van der Waals surface area contributed by atoms with Crippen molar-refractivity contribution in [3.05, 3.63) is 28.3 Å². The highest BCUT2D eigenvalue weighted by molar-refractivity contribution is 7.17. The largest absolute Gasteiger partial charge is 0.452 e. The van der Waals surface area contributed by atoms with Crippen LogP contribution in [0.3, 0.4) is 0 Å². The van der Waals surface area contributed by atoms with E-state index in [1.807, 2.05) is 0 Å². The van der Waals surface area contributed by atoms with Gasteiger partial charge in [0.05, 0.1) is 21.6 Å². The average molecular weight is 402 g/mol. The summed E-state index contributed by atoms with van der Waals surface area (Å²) in [6.07, 6.45) is -2.14. The summed E-state index contributed by atoms with van der Waals surface area (Å²) < 4.78 is 43.0. The smallest absolute Gasteiger partial charge is 0.351 e. The number of hydrogen-bond donors (Lipinski definition) is 0. The number of halogens is 3. The number of aldehydes is 2. The molecule has 2 aromatic heterocycles. The highest BCUT2D eigenvalue weighted by atomic mass is 32.1. The molecule has 2 aromatic rings. The van der Waals surface area contributed by atoms with Crippen LogP contribution in [0.1, 0.15) is 27.4 Å². The molecule has 0 saturated carbocycles. The van der Waals surface area contributed by atoms with Gasteiger partial charge in [-0.1, -0.05) is 5.16 Å². The first-order valence-corrected chi connectivity index (χ1v) is 8.96. The van der Waals surface area contributed by atoms with Gasteiger partial charge in [0, 0.05) is 18.7 Å². The third kappa shape index (κ3) is 3.66. The van der Waals surface area contributed by atoms with Crippen LogP contribution in [-0.4, -0.2) is 51.2 Å². The minimum Gasteiger partial charge on any atom is -0.351 e. The first kappa shape index (κ1) is 19.3. The molecule has 3 heterocycles. The zero-order valence-corrected chi connectivity index (χ0v) is 15.0. The SMILES string of the molecule is Cc1c(-c2ccc(C(=O)N3CCC(C=[OH+])C(C=[OH+])C3)s2)noc1C(F)(F)F. The molecule has 10 heteroatoms. The molecule has 3 rings (SSSR count). The number of piperidine rings is 1. The Morgan fingerprint density at radius 3 is 2.63 bits per heavy atom. The summed E-state index contributed by atoms with van der Waals surface area (Å²) in [5.41, 5.74) is -0.0703. The molecule has 1 amide bonds. The van der Waals surface area contributed by atoms with Crippen LogP contribution < -0.4 is 0 Å². The molecular formula is C17H17F3N2O4S+2. The highest BCUT2D eigenvalue weighted by Gasteiger charge is 2.39. The molecule has 0 bridgehead atoms. The molecule has 1 aliphatic heterocycles. The zero-order chi connectivity index (χ0) is 19.8. The molecule has 0 aromatic carbocycles. The number of amides is 1. The highest BCUT2D eigenvalue weighted by Crippen LogP contribution is 2.38. The Kier molecular flexibility index (Phi) is 5.18. The third-order valence-electron chi connectivity index (χ3n) is 4.62. The fourth-order valence-corrected chi connectivity index (χ4v) is 4.11. The molecule has 0 spiro atoms. The average Bonchev–Trinajstić information content (AvgIpc) is 3.26. The number of thiophene rings is 1. The lowest BCUT2D eigenvalue weighted by Gasteiger charge is -2.31. The monoisotopic (exact) mass is 402 g/mol. The van der Waals surface area contributed by atoms with Crippen LogP contribution >= 0.6 is 11.3 Å². The molecule has 6 nitrogen and oxygen atoms in total. The van der Waals surface area contributed by atoms with Crippen molar-refractivity contribution in [1.29, 1.82) is 0 Å². The van der Waals surface area contributed by atoms with Gasteiger partial charge in [-0.15, -0.1) is 11.3 Å². The standard InChI is InChI=1S/C17H15F3N2O4S/c1-9-14(21-26-15(9)17(18,19)20)12-2-3-13(27-12)16(25)22-5-4-10(7-23)11(6-22)8-24/h2-3,7-8,10-11H,4-6H2,1H3/p+2. The predicted octanol–water partition coefficient (Wildman–Crippen LogP) is 3.16. The number of rotatable bonds is 4. The molecule has 1 saturated heterocycles. The minimum absolute atomic E-state index is 0.0570. The maximum atomic E-state index is 12.9. The van der Waals surface area contributed by atoms with Gasteiger partial charge in [0.15, 0.2) is 0 Å². The fourth-order valence-electron chi connectivity index (χ4n) is 3.09. The summed E-state index contributed by atoms with van der Waals surface area (Å²) in [5, 5.41) is 3.50. The van der Waals surface area contributed by atoms with Crippen molar-refractivity contribution >= 4 is 29.8 Å². The summed E-state index contributed by atoms with van der Waals surface area (Å²) in [6, 6.07) is 3.07. The molecule has 2 unspecified atom stereocenters. The summed E-state index contributed by atoms with van der Waals surface area (Å²) in [4.78, 5) is 33.5. The van der Waals surface area contributed by atoms with E-state index in [1.54, 1.807) is 4.90 Å². The van der Waals surface area contributed by atoms with E-state index in [4.69, 9.17) is 0 Å². The number of nitrogens with zero attached hydrogens (tertiary/aromatic N) is 2. The quantitative estimate of drug-likeness (QED) is 0.581. The van der Waals surface area contributed by atoms with E-state index in [9.17, 15) is 27.6 Å². The lowest BCUT2D eigenvalue weighted by Crippen LogP contribution is -2.44. The summed E-state index contributed by atoms with van der Waals surface area (Å²) >= 11 is 1.03. The number of aromatic nitrogens is 1. The van der Waals surface area contributed by atoms with E-state index in [2.05, 4.69) is 9.68 Å². The van der Waals surface area contributed by atoms with Crippen molar-refractivity contribution in [3.63, 3.8) is 0 Å². The molecule has 144 valence electrons. The van der Waals surface area contributed by atoms with E-state index in [1.165, 1.54) is 19.1 Å². The van der Waals surface area contributed by atoms with Crippen LogP contribution in [0.2, 0.25) is 0 Å². The van der Waals surface area contributed by atoms with Gasteiger partial charge in [0.2, 0.25) is 5.76 Å². The molecule has 2 atom stereocenters. The first-order valence-electron chi connectivity index (χ1n) is 8.14. The number of carbonyl (C=O) groups excluding carboxylic acids is 3. The van der Waals surface area contributed by atoms with Crippen LogP contribution in [0.15, 0.2) is 16.7 Å². The second kappa shape index (κ2) is 7.26. The van der Waals surface area contributed by atoms with Crippen molar-refractivity contribution in [2.24, 2.45) is 11.8 Å². The van der Waals surface area contributed by atoms with Crippen molar-refractivity contribution in [2.75, 3.05) is 13.1 Å². The van der Waals surface area contributed by atoms with Gasteiger partial charge in [-0.3, -0.25) is 14.4 Å². The Balaban J connectivity index is 1.80. The maximum absolute atomic E-state index is 12.9. The molecular weight excluding hydrogens is 385 g/mol. The van der Waals surface area contributed by atoms with E-state index in [0.29, 0.717) is 22.7 Å². The van der Waals surface area contributed by atoms with Crippen LogP contribution in [-0.2, 0) is 6.18 Å². The van der Waals surface area contributed by atoms with Crippen molar-refractivity contribution in [3.8, 4) is 10.6 Å². The number of hydrogen-bond acceptors (Lipinski definition) is 4. The summed E-state index contributed by atoms with van der Waals surface area (Å²) in [6.45, 7) is 1.92. The maximum Gasteiger partial charge on any atom is 0.452 e. The van der Waals surface area contributed by atoms with E-state index >= 15 is 0 Å². The van der Waals surface area contributed by atoms with Gasteiger partial charge in [0.25, 0.3) is 18.5 Å². The third-order valence-corrected chi connectivity index (χ3v) is 5.70. The van der Waals surface area contributed by atoms with Crippen molar-refractivity contribution < 1.29 is 32.1 Å². The Hall–Kier alpha value is -2.49. The normalized spacial score (nSPS) is 20.5. The van der Waals surface area contributed by atoms with Gasteiger partial charge in [-0.05, 0) is 25.5 Å².